The number of carbonyl (C=O) groups is 1. The molecule has 0 saturated heterocycles. The molecule has 0 bridgehead atoms. The number of aromatic nitrogens is 1. The van der Waals surface area contributed by atoms with Crippen LogP contribution in [-0.2, 0) is 4.74 Å². The standard InChI is InChI=1S/C8H9NO2S/c1-12-6-11-8(10)7-3-2-4-9-5-7/h2-5H,6H2,1H3. The van der Waals surface area contributed by atoms with Crippen LogP contribution in [0.25, 0.3) is 0 Å². The minimum atomic E-state index is -0.322. The van der Waals surface area contributed by atoms with E-state index in [-0.39, 0.29) is 5.97 Å². The van der Waals surface area contributed by atoms with Crippen molar-refractivity contribution in [3.05, 3.63) is 30.1 Å². The van der Waals surface area contributed by atoms with Gasteiger partial charge in [-0.1, -0.05) is 0 Å². The summed E-state index contributed by atoms with van der Waals surface area (Å²) in [7, 11) is 0. The van der Waals surface area contributed by atoms with Crippen molar-refractivity contribution in [3.63, 3.8) is 0 Å². The number of ether oxygens (including phenoxy) is 1. The molecule has 0 aliphatic carbocycles. The Kier molecular flexibility index (Phi) is 3.60. The minimum Gasteiger partial charge on any atom is -0.451 e. The lowest BCUT2D eigenvalue weighted by Gasteiger charge is -2.00. The van der Waals surface area contributed by atoms with Crippen LogP contribution in [0, 0.1) is 0 Å². The van der Waals surface area contributed by atoms with Crippen LogP contribution in [0.2, 0.25) is 0 Å². The quantitative estimate of drug-likeness (QED) is 0.526. The summed E-state index contributed by atoms with van der Waals surface area (Å²) in [6, 6.07) is 3.38. The molecule has 0 aromatic carbocycles. The molecule has 0 amide bonds. The third kappa shape index (κ3) is 2.54. The molecule has 0 atom stereocenters. The first-order valence-corrected chi connectivity index (χ1v) is 4.80. The largest absolute Gasteiger partial charge is 0.451 e. The zero-order chi connectivity index (χ0) is 8.81. The van der Waals surface area contributed by atoms with Crippen LogP contribution < -0.4 is 0 Å². The Morgan fingerprint density at radius 3 is 3.17 bits per heavy atom. The maximum absolute atomic E-state index is 11.1. The van der Waals surface area contributed by atoms with E-state index in [4.69, 9.17) is 4.74 Å². The van der Waals surface area contributed by atoms with Crippen molar-refractivity contribution in [2.75, 3.05) is 12.2 Å². The van der Waals surface area contributed by atoms with Gasteiger partial charge in [-0.3, -0.25) is 4.98 Å². The molecular formula is C8H9NO2S. The van der Waals surface area contributed by atoms with Crippen molar-refractivity contribution in [2.45, 2.75) is 0 Å². The summed E-state index contributed by atoms with van der Waals surface area (Å²) in [5, 5.41) is 0. The fourth-order valence-electron chi connectivity index (χ4n) is 0.679. The minimum absolute atomic E-state index is 0.322. The second-order valence-electron chi connectivity index (χ2n) is 2.08. The van der Waals surface area contributed by atoms with Gasteiger partial charge in [-0.15, -0.1) is 11.8 Å². The summed E-state index contributed by atoms with van der Waals surface area (Å²) >= 11 is 1.46. The molecule has 0 aliphatic heterocycles. The average molecular weight is 183 g/mol. The Hall–Kier alpha value is -1.03. The molecule has 0 spiro atoms. The van der Waals surface area contributed by atoms with Gasteiger partial charge in [0.05, 0.1) is 5.56 Å². The summed E-state index contributed by atoms with van der Waals surface area (Å²) in [4.78, 5) is 14.9. The molecule has 0 radical (unpaired) electrons. The van der Waals surface area contributed by atoms with Crippen LogP contribution in [0.3, 0.4) is 0 Å². The highest BCUT2D eigenvalue weighted by Crippen LogP contribution is 2.01. The maximum atomic E-state index is 11.1. The van der Waals surface area contributed by atoms with Crippen molar-refractivity contribution < 1.29 is 9.53 Å². The lowest BCUT2D eigenvalue weighted by molar-refractivity contribution is 0.0579. The van der Waals surface area contributed by atoms with Crippen molar-refractivity contribution in [1.29, 1.82) is 0 Å². The van der Waals surface area contributed by atoms with Crippen molar-refractivity contribution in [3.8, 4) is 0 Å². The molecular weight excluding hydrogens is 174 g/mol. The maximum Gasteiger partial charge on any atom is 0.340 e. The monoisotopic (exact) mass is 183 g/mol. The van der Waals surface area contributed by atoms with Crippen LogP contribution in [0.1, 0.15) is 10.4 Å². The van der Waals surface area contributed by atoms with Gasteiger partial charge < -0.3 is 4.74 Å². The van der Waals surface area contributed by atoms with Crippen molar-refractivity contribution in [1.82, 2.24) is 4.98 Å². The first kappa shape index (κ1) is 9.06. The molecule has 4 heteroatoms. The van der Waals surface area contributed by atoms with Crippen molar-refractivity contribution >= 4 is 17.7 Å². The van der Waals surface area contributed by atoms with E-state index in [0.717, 1.165) is 0 Å². The number of hydrogen-bond donors (Lipinski definition) is 0. The molecule has 0 aliphatic rings. The number of pyridine rings is 1. The number of nitrogens with zero attached hydrogens (tertiary/aromatic N) is 1. The Labute approximate surface area is 75.1 Å². The molecule has 1 heterocycles. The number of carbonyl (C=O) groups excluding carboxylic acids is 1. The third-order valence-electron chi connectivity index (χ3n) is 1.21. The van der Waals surface area contributed by atoms with E-state index in [9.17, 15) is 4.79 Å². The van der Waals surface area contributed by atoms with Gasteiger partial charge in [-0.25, -0.2) is 4.79 Å². The molecule has 3 nitrogen and oxygen atoms in total. The summed E-state index contributed by atoms with van der Waals surface area (Å²) in [5.41, 5.74) is 0.492. The Balaban J connectivity index is 2.54. The summed E-state index contributed by atoms with van der Waals surface area (Å²) in [6.45, 7) is 0. The third-order valence-corrected chi connectivity index (χ3v) is 1.56. The van der Waals surface area contributed by atoms with Crippen LogP contribution in [0.4, 0.5) is 0 Å². The average Bonchev–Trinajstić information content (AvgIpc) is 2.15. The van der Waals surface area contributed by atoms with Crippen molar-refractivity contribution in [2.24, 2.45) is 0 Å². The summed E-state index contributed by atoms with van der Waals surface area (Å²) in [5.74, 6) is 0.0609. The zero-order valence-corrected chi connectivity index (χ0v) is 7.50. The molecule has 12 heavy (non-hydrogen) atoms. The van der Waals surface area contributed by atoms with Gasteiger partial charge in [-0.2, -0.15) is 0 Å². The van der Waals surface area contributed by atoms with Gasteiger partial charge in [0.25, 0.3) is 0 Å². The highest BCUT2D eigenvalue weighted by molar-refractivity contribution is 7.98. The van der Waals surface area contributed by atoms with E-state index in [1.807, 2.05) is 6.26 Å². The van der Waals surface area contributed by atoms with Gasteiger partial charge in [0.15, 0.2) is 0 Å². The predicted molar refractivity (Wildman–Crippen MR) is 48.0 cm³/mol. The topological polar surface area (TPSA) is 39.2 Å². The molecule has 64 valence electrons. The smallest absolute Gasteiger partial charge is 0.340 e. The van der Waals surface area contributed by atoms with Crippen LogP contribution in [0.5, 0.6) is 0 Å². The van der Waals surface area contributed by atoms with Crippen LogP contribution in [-0.4, -0.2) is 23.1 Å². The normalized spacial score (nSPS) is 9.42. The molecule has 1 aromatic rings. The van der Waals surface area contributed by atoms with Crippen LogP contribution in [0.15, 0.2) is 24.5 Å². The number of thioether (sulfide) groups is 1. The Morgan fingerprint density at radius 1 is 1.75 bits per heavy atom. The lowest BCUT2D eigenvalue weighted by atomic mass is 10.3. The highest BCUT2D eigenvalue weighted by Gasteiger charge is 2.04. The Morgan fingerprint density at radius 2 is 2.58 bits per heavy atom. The molecule has 0 N–H and O–H groups in total. The molecule has 0 unspecified atom stereocenters. The molecule has 1 aromatic heterocycles. The number of rotatable bonds is 3. The second-order valence-corrected chi connectivity index (χ2v) is 2.89. The number of esters is 1. The second kappa shape index (κ2) is 4.77. The fraction of sp³-hybridized carbons (Fsp3) is 0.250. The first-order chi connectivity index (χ1) is 5.84. The SMILES string of the molecule is CSCOC(=O)c1cccnc1. The van der Waals surface area contributed by atoms with Crippen LogP contribution >= 0.6 is 11.8 Å². The van der Waals surface area contributed by atoms with E-state index < -0.39 is 0 Å². The molecule has 0 saturated carbocycles. The predicted octanol–water partition coefficient (Wildman–Crippen LogP) is 1.56. The summed E-state index contributed by atoms with van der Waals surface area (Å²) in [6.07, 6.45) is 4.98. The van der Waals surface area contributed by atoms with E-state index in [2.05, 4.69) is 4.98 Å². The van der Waals surface area contributed by atoms with E-state index in [0.29, 0.717) is 11.5 Å². The fourth-order valence-corrected chi connectivity index (χ4v) is 0.904. The van der Waals surface area contributed by atoms with E-state index in [1.165, 1.54) is 18.0 Å². The molecule has 1 rings (SSSR count). The van der Waals surface area contributed by atoms with E-state index in [1.54, 1.807) is 18.3 Å². The van der Waals surface area contributed by atoms with Gasteiger partial charge in [0.2, 0.25) is 0 Å². The zero-order valence-electron chi connectivity index (χ0n) is 6.69. The van der Waals surface area contributed by atoms with E-state index >= 15 is 0 Å². The van der Waals surface area contributed by atoms with Gasteiger partial charge >= 0.3 is 5.97 Å². The highest BCUT2D eigenvalue weighted by atomic mass is 32.2. The van der Waals surface area contributed by atoms with Gasteiger partial charge in [-0.05, 0) is 18.4 Å². The van der Waals surface area contributed by atoms with Gasteiger partial charge in [0.1, 0.15) is 5.94 Å². The molecule has 0 fully saturated rings. The summed E-state index contributed by atoms with van der Waals surface area (Å²) < 4.78 is 4.86. The number of hydrogen-bond acceptors (Lipinski definition) is 4. The first-order valence-electron chi connectivity index (χ1n) is 3.40. The van der Waals surface area contributed by atoms with Gasteiger partial charge in [0, 0.05) is 12.4 Å². The Bertz CT molecular complexity index is 250. The lowest BCUT2D eigenvalue weighted by Crippen LogP contribution is -2.04.